The van der Waals surface area contributed by atoms with Crippen LogP contribution in [0.5, 0.6) is 0 Å². The van der Waals surface area contributed by atoms with Crippen LogP contribution in [0.4, 0.5) is 0 Å². The van der Waals surface area contributed by atoms with Crippen molar-refractivity contribution in [3.8, 4) is 0 Å². The Morgan fingerprint density at radius 3 is 2.94 bits per heavy atom. The summed E-state index contributed by atoms with van der Waals surface area (Å²) in [5.41, 5.74) is 0. The average molecular weight is 242 g/mol. The Bertz CT molecular complexity index is 176. The van der Waals surface area contributed by atoms with Crippen LogP contribution in [0.1, 0.15) is 39.0 Å². The number of nitrogens with zero attached hydrogens (tertiary/aromatic N) is 1. The molecule has 1 unspecified atom stereocenters. The van der Waals surface area contributed by atoms with E-state index in [0.29, 0.717) is 0 Å². The molecule has 1 aliphatic heterocycles. The van der Waals surface area contributed by atoms with Gasteiger partial charge in [0.2, 0.25) is 0 Å². The van der Waals surface area contributed by atoms with E-state index in [4.69, 9.17) is 4.74 Å². The lowest BCUT2D eigenvalue weighted by atomic mass is 9.95. The summed E-state index contributed by atoms with van der Waals surface area (Å²) in [5.74, 6) is 0.962. The van der Waals surface area contributed by atoms with Crippen molar-refractivity contribution in [1.29, 1.82) is 0 Å². The van der Waals surface area contributed by atoms with Crippen molar-refractivity contribution in [2.24, 2.45) is 5.92 Å². The van der Waals surface area contributed by atoms with Gasteiger partial charge in [0, 0.05) is 20.2 Å². The second-order valence-electron chi connectivity index (χ2n) is 5.17. The number of methoxy groups -OCH3 is 1. The Morgan fingerprint density at radius 1 is 1.29 bits per heavy atom. The molecule has 0 spiro atoms. The van der Waals surface area contributed by atoms with E-state index in [9.17, 15) is 0 Å². The summed E-state index contributed by atoms with van der Waals surface area (Å²) >= 11 is 0. The molecule has 0 aromatic heterocycles. The van der Waals surface area contributed by atoms with E-state index < -0.39 is 0 Å². The van der Waals surface area contributed by atoms with Gasteiger partial charge in [0.15, 0.2) is 0 Å². The molecule has 0 bridgehead atoms. The Balaban J connectivity index is 1.91. The van der Waals surface area contributed by atoms with Gasteiger partial charge in [0.1, 0.15) is 0 Å². The third-order valence-electron chi connectivity index (χ3n) is 3.74. The third-order valence-corrected chi connectivity index (χ3v) is 3.74. The van der Waals surface area contributed by atoms with Gasteiger partial charge in [0.05, 0.1) is 6.61 Å². The van der Waals surface area contributed by atoms with Gasteiger partial charge in [-0.1, -0.05) is 13.3 Å². The van der Waals surface area contributed by atoms with E-state index >= 15 is 0 Å². The molecule has 1 rings (SSSR count). The van der Waals surface area contributed by atoms with Crippen molar-refractivity contribution in [2.75, 3.05) is 46.4 Å². The molecule has 1 heterocycles. The summed E-state index contributed by atoms with van der Waals surface area (Å²) in [6.45, 7) is 9.23. The summed E-state index contributed by atoms with van der Waals surface area (Å²) in [5, 5.41) is 3.40. The monoisotopic (exact) mass is 242 g/mol. The number of nitrogens with one attached hydrogen (secondary N) is 1. The molecule has 0 aromatic rings. The largest absolute Gasteiger partial charge is 0.383 e. The molecule has 17 heavy (non-hydrogen) atoms. The van der Waals surface area contributed by atoms with E-state index in [1.54, 1.807) is 7.11 Å². The summed E-state index contributed by atoms with van der Waals surface area (Å²) in [7, 11) is 1.75. The smallest absolute Gasteiger partial charge is 0.0587 e. The molecule has 1 saturated heterocycles. The van der Waals surface area contributed by atoms with Crippen LogP contribution in [-0.4, -0.2) is 51.3 Å². The number of unbranched alkanes of at least 4 members (excludes halogenated alkanes) is 1. The van der Waals surface area contributed by atoms with Crippen LogP contribution in [0.3, 0.4) is 0 Å². The minimum Gasteiger partial charge on any atom is -0.383 e. The van der Waals surface area contributed by atoms with Crippen LogP contribution < -0.4 is 5.32 Å². The molecular formula is C14H30N2O. The first kappa shape index (κ1) is 14.9. The zero-order valence-corrected chi connectivity index (χ0v) is 11.7. The van der Waals surface area contributed by atoms with Crippen LogP contribution in [0.25, 0.3) is 0 Å². The number of hydrogen-bond donors (Lipinski definition) is 1. The minimum atomic E-state index is 0.824. The van der Waals surface area contributed by atoms with E-state index in [2.05, 4.69) is 17.1 Å². The summed E-state index contributed by atoms with van der Waals surface area (Å²) in [6.07, 6.45) is 6.83. The molecular weight excluding hydrogens is 212 g/mol. The first-order chi connectivity index (χ1) is 8.36. The van der Waals surface area contributed by atoms with E-state index in [1.165, 1.54) is 51.7 Å². The molecule has 0 amide bonds. The highest BCUT2D eigenvalue weighted by atomic mass is 16.5. The Kier molecular flexibility index (Phi) is 8.67. The highest BCUT2D eigenvalue weighted by Crippen LogP contribution is 2.19. The maximum Gasteiger partial charge on any atom is 0.0587 e. The highest BCUT2D eigenvalue weighted by Gasteiger charge is 2.17. The molecule has 102 valence electrons. The van der Waals surface area contributed by atoms with Gasteiger partial charge in [-0.2, -0.15) is 0 Å². The molecule has 0 saturated carbocycles. The molecule has 1 N–H and O–H groups in total. The fourth-order valence-corrected chi connectivity index (χ4v) is 2.57. The van der Waals surface area contributed by atoms with Crippen molar-refractivity contribution in [3.05, 3.63) is 0 Å². The normalized spacial score (nSPS) is 21.9. The van der Waals surface area contributed by atoms with E-state index in [1.807, 2.05) is 0 Å². The third kappa shape index (κ3) is 7.02. The number of rotatable bonds is 9. The molecule has 0 aliphatic carbocycles. The van der Waals surface area contributed by atoms with Crippen molar-refractivity contribution in [2.45, 2.75) is 39.0 Å². The highest BCUT2D eigenvalue weighted by molar-refractivity contribution is 4.71. The number of ether oxygens (including phenoxy) is 1. The maximum absolute atomic E-state index is 5.00. The zero-order valence-electron chi connectivity index (χ0n) is 11.7. The Labute approximate surface area is 107 Å². The number of piperidine rings is 1. The zero-order chi connectivity index (χ0) is 12.3. The van der Waals surface area contributed by atoms with Gasteiger partial charge in [0.25, 0.3) is 0 Å². The molecule has 1 fully saturated rings. The van der Waals surface area contributed by atoms with Crippen molar-refractivity contribution in [1.82, 2.24) is 10.2 Å². The fraction of sp³-hybridized carbons (Fsp3) is 1.00. The van der Waals surface area contributed by atoms with Crippen molar-refractivity contribution >= 4 is 0 Å². The lowest BCUT2D eigenvalue weighted by molar-refractivity contribution is 0.168. The topological polar surface area (TPSA) is 24.5 Å². The molecule has 0 radical (unpaired) electrons. The lowest BCUT2D eigenvalue weighted by Crippen LogP contribution is -2.36. The standard InChI is InChI=1S/C14H30N2O/c1-3-14-7-6-11-16(13-14)10-5-4-8-15-9-12-17-2/h14-15H,3-13H2,1-2H3. The van der Waals surface area contributed by atoms with Crippen molar-refractivity contribution < 1.29 is 4.74 Å². The van der Waals surface area contributed by atoms with Gasteiger partial charge >= 0.3 is 0 Å². The van der Waals surface area contributed by atoms with Crippen LogP contribution in [0.15, 0.2) is 0 Å². The van der Waals surface area contributed by atoms with Crippen LogP contribution >= 0.6 is 0 Å². The molecule has 1 aliphatic rings. The number of likely N-dealkylation sites (tertiary alicyclic amines) is 1. The first-order valence-electron chi connectivity index (χ1n) is 7.28. The van der Waals surface area contributed by atoms with Crippen LogP contribution in [0, 0.1) is 5.92 Å². The van der Waals surface area contributed by atoms with Gasteiger partial charge in [-0.25, -0.2) is 0 Å². The average Bonchev–Trinajstić information content (AvgIpc) is 2.38. The maximum atomic E-state index is 5.00. The summed E-state index contributed by atoms with van der Waals surface area (Å²) < 4.78 is 5.00. The van der Waals surface area contributed by atoms with E-state index in [0.717, 1.165) is 25.6 Å². The van der Waals surface area contributed by atoms with Crippen LogP contribution in [0.2, 0.25) is 0 Å². The SMILES string of the molecule is CCC1CCCN(CCCCNCCOC)C1. The second kappa shape index (κ2) is 9.86. The fourth-order valence-electron chi connectivity index (χ4n) is 2.57. The Morgan fingerprint density at radius 2 is 2.18 bits per heavy atom. The van der Waals surface area contributed by atoms with Crippen LogP contribution in [-0.2, 0) is 4.74 Å². The van der Waals surface area contributed by atoms with Gasteiger partial charge < -0.3 is 15.0 Å². The second-order valence-corrected chi connectivity index (χ2v) is 5.17. The quantitative estimate of drug-likeness (QED) is 0.627. The number of hydrogen-bond acceptors (Lipinski definition) is 3. The molecule has 0 aromatic carbocycles. The molecule has 3 heteroatoms. The minimum absolute atomic E-state index is 0.824. The van der Waals surface area contributed by atoms with E-state index in [-0.39, 0.29) is 0 Å². The van der Waals surface area contributed by atoms with Gasteiger partial charge in [-0.15, -0.1) is 0 Å². The Hall–Kier alpha value is -0.120. The van der Waals surface area contributed by atoms with Gasteiger partial charge in [-0.05, 0) is 51.2 Å². The molecule has 1 atom stereocenters. The summed E-state index contributed by atoms with van der Waals surface area (Å²) in [6, 6.07) is 0. The summed E-state index contributed by atoms with van der Waals surface area (Å²) in [4.78, 5) is 2.66. The lowest BCUT2D eigenvalue weighted by Gasteiger charge is -2.32. The van der Waals surface area contributed by atoms with Gasteiger partial charge in [-0.3, -0.25) is 0 Å². The molecule has 3 nitrogen and oxygen atoms in total. The first-order valence-corrected chi connectivity index (χ1v) is 7.28. The van der Waals surface area contributed by atoms with Crippen molar-refractivity contribution in [3.63, 3.8) is 0 Å². The predicted molar refractivity (Wildman–Crippen MR) is 73.4 cm³/mol. The predicted octanol–water partition coefficient (Wildman–Crippen LogP) is 2.12.